The number of rotatable bonds is 6. The van der Waals surface area contributed by atoms with Gasteiger partial charge in [0.25, 0.3) is 0 Å². The Kier molecular flexibility index (Phi) is 5.69. The molecule has 0 spiro atoms. The zero-order valence-corrected chi connectivity index (χ0v) is 17.3. The summed E-state index contributed by atoms with van der Waals surface area (Å²) in [5, 5.41) is 12.9. The molecule has 1 aliphatic heterocycles. The number of aliphatic carboxylic acids is 1. The van der Waals surface area contributed by atoms with Gasteiger partial charge < -0.3 is 5.11 Å². The van der Waals surface area contributed by atoms with Gasteiger partial charge in [0.05, 0.1) is 17.4 Å². The summed E-state index contributed by atoms with van der Waals surface area (Å²) in [6.07, 6.45) is 5.57. The number of hydrogen-bond acceptors (Lipinski definition) is 6. The number of likely N-dealkylation sites (tertiary alicyclic amines) is 1. The molecule has 0 saturated carbocycles. The van der Waals surface area contributed by atoms with E-state index in [1.54, 1.807) is 29.9 Å². The van der Waals surface area contributed by atoms with Crippen molar-refractivity contribution in [3.8, 4) is 10.6 Å². The highest BCUT2D eigenvalue weighted by molar-refractivity contribution is 7.13. The van der Waals surface area contributed by atoms with Gasteiger partial charge >= 0.3 is 5.97 Å². The molecule has 0 bridgehead atoms. The van der Waals surface area contributed by atoms with Gasteiger partial charge in [-0.15, -0.1) is 11.3 Å². The number of benzene rings is 1. The van der Waals surface area contributed by atoms with Crippen LogP contribution < -0.4 is 0 Å². The molecule has 29 heavy (non-hydrogen) atoms. The third-order valence-corrected chi connectivity index (χ3v) is 6.20. The lowest BCUT2D eigenvalue weighted by Gasteiger charge is -2.30. The van der Waals surface area contributed by atoms with Gasteiger partial charge in [-0.1, -0.05) is 44.2 Å². The molecule has 1 aliphatic rings. The molecule has 3 aromatic rings. The second-order valence-corrected chi connectivity index (χ2v) is 8.66. The Morgan fingerprint density at radius 2 is 2.03 bits per heavy atom. The fraction of sp³-hybridized carbons (Fsp3) is 0.364. The van der Waals surface area contributed by atoms with Gasteiger partial charge in [0.1, 0.15) is 11.0 Å². The van der Waals surface area contributed by atoms with E-state index in [1.807, 2.05) is 30.3 Å². The summed E-state index contributed by atoms with van der Waals surface area (Å²) in [6, 6.07) is 9.38. The van der Waals surface area contributed by atoms with Crippen molar-refractivity contribution in [3.05, 3.63) is 65.7 Å². The van der Waals surface area contributed by atoms with Crippen molar-refractivity contribution in [1.82, 2.24) is 19.9 Å². The van der Waals surface area contributed by atoms with Crippen LogP contribution in [0, 0.1) is 5.92 Å². The van der Waals surface area contributed by atoms with Crippen LogP contribution in [0.5, 0.6) is 0 Å². The number of carboxylic acid groups (broad SMARTS) is 1. The number of thiazole rings is 1. The van der Waals surface area contributed by atoms with Crippen molar-refractivity contribution < 1.29 is 9.90 Å². The molecule has 1 N–H and O–H groups in total. The van der Waals surface area contributed by atoms with Crippen LogP contribution in [0.15, 0.2) is 54.3 Å². The molecule has 0 aliphatic carbocycles. The van der Waals surface area contributed by atoms with Gasteiger partial charge in [0, 0.05) is 42.0 Å². The molecule has 3 heterocycles. The molecule has 0 unspecified atom stereocenters. The van der Waals surface area contributed by atoms with Crippen LogP contribution in [0.3, 0.4) is 0 Å². The van der Waals surface area contributed by atoms with Crippen LogP contribution in [-0.2, 0) is 4.79 Å². The minimum absolute atomic E-state index is 0.0609. The van der Waals surface area contributed by atoms with E-state index in [-0.39, 0.29) is 12.0 Å². The monoisotopic (exact) mass is 408 g/mol. The molecular formula is C22H24N4O2S. The Balaban J connectivity index is 1.76. The molecule has 1 fully saturated rings. The van der Waals surface area contributed by atoms with E-state index in [1.165, 1.54) is 0 Å². The average Bonchev–Trinajstić information content (AvgIpc) is 3.34. The minimum atomic E-state index is -0.791. The summed E-state index contributed by atoms with van der Waals surface area (Å²) in [4.78, 5) is 27.8. The van der Waals surface area contributed by atoms with Crippen molar-refractivity contribution in [2.45, 2.75) is 38.3 Å². The Labute approximate surface area is 174 Å². The number of hydrogen-bond donors (Lipinski definition) is 1. The summed E-state index contributed by atoms with van der Waals surface area (Å²) in [5.74, 6) is -0.512. The van der Waals surface area contributed by atoms with Gasteiger partial charge in [0.2, 0.25) is 0 Å². The topological polar surface area (TPSA) is 79.2 Å². The summed E-state index contributed by atoms with van der Waals surface area (Å²) in [6.45, 7) is 4.92. The summed E-state index contributed by atoms with van der Waals surface area (Å²) in [5.41, 5.74) is 2.81. The lowest BCUT2D eigenvalue weighted by Crippen LogP contribution is -2.39. The van der Waals surface area contributed by atoms with Crippen molar-refractivity contribution in [2.24, 2.45) is 5.92 Å². The molecule has 1 aromatic carbocycles. The number of aromatic nitrogens is 3. The predicted octanol–water partition coefficient (Wildman–Crippen LogP) is 4.24. The quantitative estimate of drug-likeness (QED) is 0.657. The molecule has 3 atom stereocenters. The van der Waals surface area contributed by atoms with Gasteiger partial charge in [-0.2, -0.15) is 0 Å². The van der Waals surface area contributed by atoms with Crippen LogP contribution >= 0.6 is 11.3 Å². The van der Waals surface area contributed by atoms with Gasteiger partial charge in [0.15, 0.2) is 0 Å². The van der Waals surface area contributed by atoms with E-state index in [2.05, 4.69) is 34.1 Å². The Morgan fingerprint density at radius 3 is 2.69 bits per heavy atom. The third-order valence-electron chi connectivity index (χ3n) is 5.29. The zero-order valence-electron chi connectivity index (χ0n) is 16.5. The van der Waals surface area contributed by atoms with Crippen molar-refractivity contribution in [1.29, 1.82) is 0 Å². The molecule has 0 radical (unpaired) electrons. The first-order valence-corrected chi connectivity index (χ1v) is 10.7. The molecule has 6 nitrogen and oxygen atoms in total. The fourth-order valence-electron chi connectivity index (χ4n) is 4.13. The van der Waals surface area contributed by atoms with Crippen molar-refractivity contribution >= 4 is 17.3 Å². The number of nitrogens with zero attached hydrogens (tertiary/aromatic N) is 4. The zero-order chi connectivity index (χ0) is 20.4. The molecule has 150 valence electrons. The van der Waals surface area contributed by atoms with Crippen LogP contribution in [0.25, 0.3) is 10.6 Å². The molecule has 2 aromatic heterocycles. The van der Waals surface area contributed by atoms with Crippen molar-refractivity contribution in [2.75, 3.05) is 6.54 Å². The largest absolute Gasteiger partial charge is 0.480 e. The first-order chi connectivity index (χ1) is 14.0. The van der Waals surface area contributed by atoms with Crippen LogP contribution in [0.2, 0.25) is 0 Å². The van der Waals surface area contributed by atoms with Gasteiger partial charge in [-0.25, -0.2) is 4.98 Å². The highest BCUT2D eigenvalue weighted by Gasteiger charge is 2.47. The van der Waals surface area contributed by atoms with E-state index in [4.69, 9.17) is 4.98 Å². The van der Waals surface area contributed by atoms with Crippen LogP contribution in [0.4, 0.5) is 0 Å². The fourth-order valence-corrected chi connectivity index (χ4v) is 4.99. The van der Waals surface area contributed by atoms with Gasteiger partial charge in [-0.05, 0) is 12.3 Å². The maximum atomic E-state index is 12.1. The van der Waals surface area contributed by atoms with Crippen LogP contribution in [0.1, 0.15) is 43.6 Å². The first-order valence-electron chi connectivity index (χ1n) is 9.80. The number of carboxylic acids is 1. The first kappa shape index (κ1) is 19.7. The minimum Gasteiger partial charge on any atom is -0.480 e. The highest BCUT2D eigenvalue weighted by atomic mass is 32.1. The van der Waals surface area contributed by atoms with E-state index < -0.39 is 12.0 Å². The van der Waals surface area contributed by atoms with Crippen molar-refractivity contribution in [3.63, 3.8) is 0 Å². The Bertz CT molecular complexity index is 961. The maximum absolute atomic E-state index is 12.1. The lowest BCUT2D eigenvalue weighted by molar-refractivity contribution is -0.142. The van der Waals surface area contributed by atoms with Crippen LogP contribution in [-0.4, -0.2) is 43.5 Å². The standard InChI is InChI=1S/C22H24N4O2S/c1-14(2)12-26-19(22(27)28)10-16(17-11-23-8-9-24-17)20(26)18-13-29-21(25-18)15-6-4-3-5-7-15/h3-9,11,13-14,16,19-20H,10,12H2,1-2H3,(H,27,28)/t16-,19+,20-/m1/s1. The second kappa shape index (κ2) is 8.39. The Hall–Kier alpha value is -2.64. The number of carbonyl (C=O) groups is 1. The highest BCUT2D eigenvalue weighted by Crippen LogP contribution is 2.47. The second-order valence-electron chi connectivity index (χ2n) is 7.81. The molecule has 0 amide bonds. The summed E-state index contributed by atoms with van der Waals surface area (Å²) < 4.78 is 0. The summed E-state index contributed by atoms with van der Waals surface area (Å²) in [7, 11) is 0. The van der Waals surface area contributed by atoms with E-state index >= 15 is 0 Å². The van der Waals surface area contributed by atoms with E-state index in [9.17, 15) is 9.90 Å². The van der Waals surface area contributed by atoms with E-state index in [0.717, 1.165) is 22.0 Å². The Morgan fingerprint density at radius 1 is 1.24 bits per heavy atom. The summed E-state index contributed by atoms with van der Waals surface area (Å²) >= 11 is 1.60. The lowest BCUT2D eigenvalue weighted by atomic mass is 9.93. The van der Waals surface area contributed by atoms with Gasteiger partial charge in [-0.3, -0.25) is 19.7 Å². The molecule has 1 saturated heterocycles. The normalized spacial score (nSPS) is 22.2. The third kappa shape index (κ3) is 4.06. The SMILES string of the molecule is CC(C)CN1[C@H](C(=O)O)C[C@H](c2cnccn2)[C@@H]1c1csc(-c2ccccc2)n1. The average molecular weight is 409 g/mol. The smallest absolute Gasteiger partial charge is 0.320 e. The molecular weight excluding hydrogens is 384 g/mol. The molecule has 4 rings (SSSR count). The predicted molar refractivity (Wildman–Crippen MR) is 113 cm³/mol. The van der Waals surface area contributed by atoms with E-state index in [0.29, 0.717) is 18.9 Å². The maximum Gasteiger partial charge on any atom is 0.320 e. The molecule has 7 heteroatoms.